The summed E-state index contributed by atoms with van der Waals surface area (Å²) >= 11 is 0. The molecule has 2 atom stereocenters. The fourth-order valence-corrected chi connectivity index (χ4v) is 14.8. The van der Waals surface area contributed by atoms with Gasteiger partial charge in [0.15, 0.2) is 0 Å². The molecule has 8 nitrogen and oxygen atoms in total. The second-order valence-electron chi connectivity index (χ2n) is 5.06. The molecule has 0 bridgehead atoms. The van der Waals surface area contributed by atoms with E-state index in [2.05, 4.69) is 0 Å². The van der Waals surface area contributed by atoms with Crippen LogP contribution in [0.3, 0.4) is 0 Å². The van der Waals surface area contributed by atoms with E-state index in [0.717, 1.165) is 0 Å². The largest absolute Gasteiger partial charge is 0.558 e. The summed E-state index contributed by atoms with van der Waals surface area (Å²) in [4.78, 5) is 41.3. The second-order valence-corrected chi connectivity index (χ2v) is 14.6. The van der Waals surface area contributed by atoms with Gasteiger partial charge in [0, 0.05) is 18.1 Å². The van der Waals surface area contributed by atoms with Crippen LogP contribution in [0.15, 0.2) is 0 Å². The van der Waals surface area contributed by atoms with Crippen LogP contribution in [-0.4, -0.2) is 55.1 Å². The smallest absolute Gasteiger partial charge is 0.391 e. The predicted octanol–water partition coefficient (Wildman–Crippen LogP) is 0.0672. The summed E-state index contributed by atoms with van der Waals surface area (Å²) in [5.74, 6) is 0. The van der Waals surface area contributed by atoms with Gasteiger partial charge in [0.05, 0.1) is 0 Å². The minimum Gasteiger partial charge on any atom is -0.391 e. The molecular formula is C9H25O8Si4. The summed E-state index contributed by atoms with van der Waals surface area (Å²) in [7, 11) is -14.2. The van der Waals surface area contributed by atoms with Gasteiger partial charge in [-0.15, -0.1) is 0 Å². The molecule has 12 heteroatoms. The first kappa shape index (κ1) is 19.6. The molecule has 1 radical (unpaired) electrons. The Morgan fingerprint density at radius 3 is 1.38 bits per heavy atom. The van der Waals surface area contributed by atoms with Gasteiger partial charge in [0.2, 0.25) is 0 Å². The fraction of sp³-hybridized carbons (Fsp3) is 1.00. The Balaban J connectivity index is 3.03. The van der Waals surface area contributed by atoms with Gasteiger partial charge in [-0.05, 0) is 0 Å². The predicted molar refractivity (Wildman–Crippen MR) is 81.5 cm³/mol. The first-order chi connectivity index (χ1) is 9.70. The lowest BCUT2D eigenvalue weighted by Gasteiger charge is -2.40. The van der Waals surface area contributed by atoms with Crippen molar-refractivity contribution in [2.24, 2.45) is 0 Å². The lowest BCUT2D eigenvalue weighted by atomic mass is 10.6. The van der Waals surface area contributed by atoms with E-state index < -0.39 is 35.9 Å². The second kappa shape index (κ2) is 7.89. The Kier molecular flexibility index (Phi) is 7.36. The van der Waals surface area contributed by atoms with Crippen molar-refractivity contribution < 1.29 is 35.6 Å². The normalized spacial score (nSPS) is 39.0. The van der Waals surface area contributed by atoms with E-state index in [1.165, 1.54) is 0 Å². The minimum atomic E-state index is -3.82. The van der Waals surface area contributed by atoms with Crippen LogP contribution in [0.1, 0.15) is 40.0 Å². The van der Waals surface area contributed by atoms with Gasteiger partial charge in [-0.3, -0.25) is 0 Å². The maximum atomic E-state index is 10.6. The molecule has 0 aliphatic carbocycles. The average molecular weight is 374 g/mol. The minimum absolute atomic E-state index is 0.182. The molecule has 0 saturated carbocycles. The van der Waals surface area contributed by atoms with Gasteiger partial charge in [-0.1, -0.05) is 40.0 Å². The Labute approximate surface area is 130 Å². The molecule has 1 aliphatic heterocycles. The molecule has 1 fully saturated rings. The van der Waals surface area contributed by atoms with Gasteiger partial charge < -0.3 is 35.6 Å². The van der Waals surface area contributed by atoms with E-state index in [1.807, 2.05) is 20.8 Å². The van der Waals surface area contributed by atoms with Crippen molar-refractivity contribution in [1.82, 2.24) is 0 Å². The summed E-state index contributed by atoms with van der Waals surface area (Å²) in [6.45, 7) is 5.48. The van der Waals surface area contributed by atoms with Crippen LogP contribution in [0.25, 0.3) is 0 Å². The highest BCUT2D eigenvalue weighted by molar-refractivity contribution is 6.84. The van der Waals surface area contributed by atoms with E-state index in [4.69, 9.17) is 16.5 Å². The standard InChI is InChI=1S/C9H25O8Si4/c1-4-7-19(11)14-18(10)15-20(12,8-5-2)17-21(13,16-19)9-6-3/h10-13H,4-9H2,1-3H3. The lowest BCUT2D eigenvalue weighted by Crippen LogP contribution is -2.67. The van der Waals surface area contributed by atoms with Crippen molar-refractivity contribution in [2.45, 2.75) is 58.2 Å². The monoisotopic (exact) mass is 373 g/mol. The third-order valence-electron chi connectivity index (χ3n) is 2.83. The first-order valence-electron chi connectivity index (χ1n) is 7.21. The molecule has 2 unspecified atom stereocenters. The molecular weight excluding hydrogens is 348 g/mol. The van der Waals surface area contributed by atoms with E-state index in [1.54, 1.807) is 0 Å². The van der Waals surface area contributed by atoms with Crippen molar-refractivity contribution >= 4 is 35.9 Å². The van der Waals surface area contributed by atoms with Crippen molar-refractivity contribution in [3.63, 3.8) is 0 Å². The van der Waals surface area contributed by atoms with E-state index >= 15 is 0 Å². The maximum absolute atomic E-state index is 10.6. The quantitative estimate of drug-likeness (QED) is 0.483. The Morgan fingerprint density at radius 2 is 1.05 bits per heavy atom. The zero-order valence-electron chi connectivity index (χ0n) is 12.7. The molecule has 125 valence electrons. The van der Waals surface area contributed by atoms with Crippen LogP contribution in [0.4, 0.5) is 0 Å². The zero-order chi connectivity index (χ0) is 16.1. The van der Waals surface area contributed by atoms with Crippen molar-refractivity contribution in [1.29, 1.82) is 0 Å². The Bertz CT molecular complexity index is 313. The van der Waals surface area contributed by atoms with E-state index in [-0.39, 0.29) is 18.1 Å². The highest BCUT2D eigenvalue weighted by atomic mass is 28.5. The van der Waals surface area contributed by atoms with Crippen LogP contribution < -0.4 is 0 Å². The maximum Gasteiger partial charge on any atom is 0.558 e. The molecule has 21 heavy (non-hydrogen) atoms. The molecule has 1 heterocycles. The SMILES string of the molecule is CCC[Si]1(O)O[Si](O)O[Si](O)(CCC)O[Si](O)(CCC)O1. The van der Waals surface area contributed by atoms with Crippen LogP contribution in [0.5, 0.6) is 0 Å². The van der Waals surface area contributed by atoms with Gasteiger partial charge in [-0.2, -0.15) is 0 Å². The lowest BCUT2D eigenvalue weighted by molar-refractivity contribution is 0.0815. The molecule has 0 aromatic heterocycles. The Morgan fingerprint density at radius 1 is 0.714 bits per heavy atom. The van der Waals surface area contributed by atoms with Gasteiger partial charge >= 0.3 is 35.9 Å². The van der Waals surface area contributed by atoms with E-state index in [0.29, 0.717) is 19.3 Å². The summed E-state index contributed by atoms with van der Waals surface area (Å²) < 4.78 is 21.3. The summed E-state index contributed by atoms with van der Waals surface area (Å²) in [5, 5.41) is 0. The molecule has 1 saturated heterocycles. The van der Waals surface area contributed by atoms with Gasteiger partial charge in [0.1, 0.15) is 0 Å². The van der Waals surface area contributed by atoms with Crippen LogP contribution >= 0.6 is 0 Å². The summed E-state index contributed by atoms with van der Waals surface area (Å²) in [6, 6.07) is 0.549. The topological polar surface area (TPSA) is 118 Å². The number of hydrogen-bond acceptors (Lipinski definition) is 8. The average Bonchev–Trinajstić information content (AvgIpc) is 2.25. The zero-order valence-corrected chi connectivity index (χ0v) is 16.7. The molecule has 0 spiro atoms. The number of rotatable bonds is 6. The highest BCUT2D eigenvalue weighted by Gasteiger charge is 2.59. The van der Waals surface area contributed by atoms with Crippen molar-refractivity contribution in [3.8, 4) is 0 Å². The molecule has 1 aliphatic rings. The van der Waals surface area contributed by atoms with Crippen LogP contribution in [-0.2, 0) is 16.5 Å². The molecule has 0 amide bonds. The number of hydrogen-bond donors (Lipinski definition) is 4. The first-order valence-corrected chi connectivity index (χ1v) is 14.4. The highest BCUT2D eigenvalue weighted by Crippen LogP contribution is 2.30. The van der Waals surface area contributed by atoms with Crippen LogP contribution in [0, 0.1) is 0 Å². The Hall–Kier alpha value is 0.548. The summed E-state index contributed by atoms with van der Waals surface area (Å²) in [6.07, 6.45) is 1.68. The molecule has 0 aromatic rings. The van der Waals surface area contributed by atoms with Crippen molar-refractivity contribution in [2.75, 3.05) is 0 Å². The third kappa shape index (κ3) is 5.92. The van der Waals surface area contributed by atoms with Gasteiger partial charge in [0.25, 0.3) is 0 Å². The van der Waals surface area contributed by atoms with Crippen LogP contribution in [0.2, 0.25) is 18.1 Å². The molecule has 4 N–H and O–H groups in total. The summed E-state index contributed by atoms with van der Waals surface area (Å²) in [5.41, 5.74) is 0. The van der Waals surface area contributed by atoms with Crippen molar-refractivity contribution in [3.05, 3.63) is 0 Å². The molecule has 1 rings (SSSR count). The van der Waals surface area contributed by atoms with E-state index in [9.17, 15) is 19.2 Å². The molecule has 0 aromatic carbocycles. The third-order valence-corrected chi connectivity index (χ3v) is 15.3. The fourth-order valence-electron chi connectivity index (χ4n) is 2.11. The van der Waals surface area contributed by atoms with Gasteiger partial charge in [-0.25, -0.2) is 0 Å².